The molecule has 2 atom stereocenters. The fraction of sp³-hybridized carbons (Fsp3) is 0.350. The van der Waals surface area contributed by atoms with Crippen molar-refractivity contribution in [2.75, 3.05) is 11.9 Å². The smallest absolute Gasteiger partial charge is 0.268 e. The van der Waals surface area contributed by atoms with E-state index in [-0.39, 0.29) is 12.3 Å². The third-order valence-electron chi connectivity index (χ3n) is 4.44. The zero-order valence-electron chi connectivity index (χ0n) is 15.5. The van der Waals surface area contributed by atoms with Gasteiger partial charge in [-0.1, -0.05) is 0 Å². The molecule has 2 aromatic rings. The minimum atomic E-state index is -1.16. The van der Waals surface area contributed by atoms with E-state index >= 15 is 0 Å². The first kappa shape index (κ1) is 20.0. The van der Waals surface area contributed by atoms with Crippen molar-refractivity contribution in [2.24, 2.45) is 0 Å². The van der Waals surface area contributed by atoms with E-state index in [4.69, 9.17) is 4.74 Å². The quantitative estimate of drug-likeness (QED) is 0.606. The SMILES string of the molecule is CC(C)(Cc1cc(F)cc(F)c1)NCC(O)C1Oc2ccc(O)cc2NC1=O. The first-order valence-electron chi connectivity index (χ1n) is 8.81. The molecular weight excluding hydrogens is 370 g/mol. The van der Waals surface area contributed by atoms with Crippen LogP contribution in [0.5, 0.6) is 11.5 Å². The van der Waals surface area contributed by atoms with E-state index in [1.54, 1.807) is 0 Å². The number of carbonyl (C=O) groups excluding carboxylic acids is 1. The number of β-amino-alcohol motifs (C(OH)–C–C–N with tert-alkyl or cyclic N) is 1. The van der Waals surface area contributed by atoms with E-state index in [1.807, 2.05) is 13.8 Å². The zero-order valence-corrected chi connectivity index (χ0v) is 15.5. The Hall–Kier alpha value is -2.71. The highest BCUT2D eigenvalue weighted by Gasteiger charge is 2.34. The standard InChI is InChI=1S/C20H22F2N2O4/c1-20(2,9-11-5-12(21)7-13(22)6-11)23-10-16(26)18-19(27)24-15-8-14(25)3-4-17(15)28-18/h3-8,16,18,23,25-26H,9-10H2,1-2H3,(H,24,27). The van der Waals surface area contributed by atoms with Crippen molar-refractivity contribution in [3.05, 3.63) is 53.6 Å². The Morgan fingerprint density at radius 2 is 1.89 bits per heavy atom. The van der Waals surface area contributed by atoms with Gasteiger partial charge >= 0.3 is 0 Å². The second-order valence-electron chi connectivity index (χ2n) is 7.49. The van der Waals surface area contributed by atoms with Gasteiger partial charge in [-0.3, -0.25) is 4.79 Å². The second kappa shape index (κ2) is 7.73. The molecule has 0 radical (unpaired) electrons. The molecule has 6 nitrogen and oxygen atoms in total. The van der Waals surface area contributed by atoms with Gasteiger partial charge in [-0.15, -0.1) is 0 Å². The summed E-state index contributed by atoms with van der Waals surface area (Å²) in [6, 6.07) is 7.60. The first-order valence-corrected chi connectivity index (χ1v) is 8.81. The van der Waals surface area contributed by atoms with E-state index in [2.05, 4.69) is 10.6 Å². The highest BCUT2D eigenvalue weighted by atomic mass is 19.1. The summed E-state index contributed by atoms with van der Waals surface area (Å²) in [6.07, 6.45) is -1.98. The van der Waals surface area contributed by atoms with Crippen LogP contribution < -0.4 is 15.4 Å². The van der Waals surface area contributed by atoms with Gasteiger partial charge in [-0.25, -0.2) is 8.78 Å². The molecule has 1 aliphatic heterocycles. The molecule has 28 heavy (non-hydrogen) atoms. The summed E-state index contributed by atoms with van der Waals surface area (Å²) in [6.45, 7) is 3.67. The third kappa shape index (κ3) is 4.76. The Morgan fingerprint density at radius 1 is 1.21 bits per heavy atom. The van der Waals surface area contributed by atoms with E-state index in [9.17, 15) is 23.8 Å². The Bertz CT molecular complexity index is 868. The van der Waals surface area contributed by atoms with Crippen molar-refractivity contribution in [2.45, 2.75) is 38.0 Å². The number of hydrogen-bond donors (Lipinski definition) is 4. The summed E-state index contributed by atoms with van der Waals surface area (Å²) in [5, 5.41) is 25.6. The maximum Gasteiger partial charge on any atom is 0.268 e. The van der Waals surface area contributed by atoms with E-state index in [0.29, 0.717) is 23.4 Å². The topological polar surface area (TPSA) is 90.8 Å². The number of amides is 1. The molecule has 0 saturated heterocycles. The minimum absolute atomic E-state index is 0.0150. The molecule has 150 valence electrons. The molecular formula is C20H22F2N2O4. The lowest BCUT2D eigenvalue weighted by molar-refractivity contribution is -0.128. The number of carbonyl (C=O) groups is 1. The number of hydrogen-bond acceptors (Lipinski definition) is 5. The van der Waals surface area contributed by atoms with Crippen LogP contribution >= 0.6 is 0 Å². The van der Waals surface area contributed by atoms with Gasteiger partial charge in [0, 0.05) is 24.2 Å². The molecule has 1 heterocycles. The molecule has 8 heteroatoms. The van der Waals surface area contributed by atoms with Crippen molar-refractivity contribution in [3.63, 3.8) is 0 Å². The monoisotopic (exact) mass is 392 g/mol. The van der Waals surface area contributed by atoms with Gasteiger partial charge in [0.2, 0.25) is 6.10 Å². The van der Waals surface area contributed by atoms with E-state index < -0.39 is 35.3 Å². The number of anilines is 1. The van der Waals surface area contributed by atoms with Crippen molar-refractivity contribution in [3.8, 4) is 11.5 Å². The number of aromatic hydroxyl groups is 1. The van der Waals surface area contributed by atoms with Crippen LogP contribution in [0.1, 0.15) is 19.4 Å². The molecule has 0 aliphatic carbocycles. The number of fused-ring (bicyclic) bond motifs is 1. The summed E-state index contributed by atoms with van der Waals surface area (Å²) in [5.41, 5.74) is 0.204. The Labute approximate surface area is 161 Å². The van der Waals surface area contributed by atoms with Crippen molar-refractivity contribution in [1.29, 1.82) is 0 Å². The molecule has 0 fully saturated rings. The molecule has 1 aliphatic rings. The number of aliphatic hydroxyl groups is 1. The maximum atomic E-state index is 13.4. The minimum Gasteiger partial charge on any atom is -0.508 e. The average Bonchev–Trinajstić information content (AvgIpc) is 2.57. The second-order valence-corrected chi connectivity index (χ2v) is 7.49. The van der Waals surface area contributed by atoms with Crippen molar-refractivity contribution < 1.29 is 28.5 Å². The summed E-state index contributed by atoms with van der Waals surface area (Å²) in [7, 11) is 0. The van der Waals surface area contributed by atoms with Gasteiger partial charge in [0.1, 0.15) is 29.2 Å². The first-order chi connectivity index (χ1) is 13.1. The lowest BCUT2D eigenvalue weighted by Crippen LogP contribution is -2.53. The molecule has 4 N–H and O–H groups in total. The molecule has 0 spiro atoms. The maximum absolute atomic E-state index is 13.4. The van der Waals surface area contributed by atoms with Crippen molar-refractivity contribution >= 4 is 11.6 Å². The zero-order chi connectivity index (χ0) is 20.5. The van der Waals surface area contributed by atoms with Gasteiger partial charge in [0.05, 0.1) is 5.69 Å². The molecule has 3 rings (SSSR count). The lowest BCUT2D eigenvalue weighted by atomic mass is 9.94. The summed E-state index contributed by atoms with van der Waals surface area (Å²) in [4.78, 5) is 12.2. The number of rotatable bonds is 6. The van der Waals surface area contributed by atoms with Gasteiger partial charge in [0.25, 0.3) is 5.91 Å². The van der Waals surface area contributed by atoms with E-state index in [1.165, 1.54) is 30.3 Å². The average molecular weight is 392 g/mol. The Kier molecular flexibility index (Phi) is 5.53. The van der Waals surface area contributed by atoms with Crippen LogP contribution in [0, 0.1) is 11.6 Å². The van der Waals surface area contributed by atoms with Crippen LogP contribution in [-0.4, -0.2) is 40.4 Å². The van der Waals surface area contributed by atoms with E-state index in [0.717, 1.165) is 6.07 Å². The van der Waals surface area contributed by atoms with Crippen LogP contribution in [0.15, 0.2) is 36.4 Å². The van der Waals surface area contributed by atoms with Crippen LogP contribution in [0.25, 0.3) is 0 Å². The molecule has 1 amide bonds. The number of benzene rings is 2. The van der Waals surface area contributed by atoms with Crippen molar-refractivity contribution in [1.82, 2.24) is 5.32 Å². The highest BCUT2D eigenvalue weighted by molar-refractivity contribution is 5.98. The molecule has 2 unspecified atom stereocenters. The normalized spacial score (nSPS) is 17.5. The Morgan fingerprint density at radius 3 is 2.57 bits per heavy atom. The largest absolute Gasteiger partial charge is 0.508 e. The number of phenolic OH excluding ortho intramolecular Hbond substituents is 1. The number of nitrogens with one attached hydrogen (secondary N) is 2. The third-order valence-corrected chi connectivity index (χ3v) is 4.44. The number of aliphatic hydroxyl groups excluding tert-OH is 1. The predicted molar refractivity (Wildman–Crippen MR) is 99.3 cm³/mol. The molecule has 2 aromatic carbocycles. The summed E-state index contributed by atoms with van der Waals surface area (Å²) in [5.74, 6) is -1.50. The van der Waals surface area contributed by atoms with Gasteiger partial charge in [0.15, 0.2) is 0 Å². The van der Waals surface area contributed by atoms with Gasteiger partial charge < -0.3 is 25.6 Å². The number of halogens is 2. The van der Waals surface area contributed by atoms with Crippen LogP contribution in [0.3, 0.4) is 0 Å². The number of ether oxygens (including phenoxy) is 1. The fourth-order valence-electron chi connectivity index (χ4n) is 3.14. The summed E-state index contributed by atoms with van der Waals surface area (Å²) >= 11 is 0. The number of phenols is 1. The molecule has 0 saturated carbocycles. The molecule has 0 bridgehead atoms. The highest BCUT2D eigenvalue weighted by Crippen LogP contribution is 2.33. The fourth-order valence-corrected chi connectivity index (χ4v) is 3.14. The lowest BCUT2D eigenvalue weighted by Gasteiger charge is -2.32. The van der Waals surface area contributed by atoms with Gasteiger partial charge in [-0.05, 0) is 50.1 Å². The van der Waals surface area contributed by atoms with Crippen LogP contribution in [0.4, 0.5) is 14.5 Å². The Balaban J connectivity index is 1.61. The van der Waals surface area contributed by atoms with Gasteiger partial charge in [-0.2, -0.15) is 0 Å². The van der Waals surface area contributed by atoms with Crippen LogP contribution in [-0.2, 0) is 11.2 Å². The van der Waals surface area contributed by atoms with Crippen LogP contribution in [0.2, 0.25) is 0 Å². The predicted octanol–water partition coefficient (Wildman–Crippen LogP) is 2.34. The molecule has 0 aromatic heterocycles. The summed E-state index contributed by atoms with van der Waals surface area (Å²) < 4.78 is 32.3.